The summed E-state index contributed by atoms with van der Waals surface area (Å²) in [6.07, 6.45) is 1.13. The average Bonchev–Trinajstić information content (AvgIpc) is 2.26. The highest BCUT2D eigenvalue weighted by Gasteiger charge is 2.09. The van der Waals surface area contributed by atoms with Gasteiger partial charge in [0.05, 0.1) is 19.1 Å². The lowest BCUT2D eigenvalue weighted by Gasteiger charge is -2.11. The average molecular weight is 251 g/mol. The first kappa shape index (κ1) is 11.7. The van der Waals surface area contributed by atoms with Crippen molar-refractivity contribution in [2.24, 2.45) is 0 Å². The molecule has 4 nitrogen and oxygen atoms in total. The maximum absolute atomic E-state index is 11.3. The van der Waals surface area contributed by atoms with E-state index in [1.54, 1.807) is 25.3 Å². The van der Waals surface area contributed by atoms with Crippen molar-refractivity contribution in [3.05, 3.63) is 36.4 Å². The van der Waals surface area contributed by atoms with Crippen LogP contribution in [0.3, 0.4) is 0 Å². The second kappa shape index (κ2) is 4.25. The van der Waals surface area contributed by atoms with E-state index in [0.29, 0.717) is 11.4 Å². The summed E-state index contributed by atoms with van der Waals surface area (Å²) in [6, 6.07) is 11.0. The first-order valence-electron chi connectivity index (χ1n) is 5.05. The largest absolute Gasteiger partial charge is 0.496 e. The summed E-state index contributed by atoms with van der Waals surface area (Å²) < 4.78 is 30.3. The van der Waals surface area contributed by atoms with Crippen LogP contribution < -0.4 is 9.46 Å². The second-order valence-corrected chi connectivity index (χ2v) is 5.49. The molecular weight excluding hydrogens is 238 g/mol. The number of rotatable bonds is 3. The van der Waals surface area contributed by atoms with Crippen LogP contribution in [0.25, 0.3) is 10.8 Å². The van der Waals surface area contributed by atoms with Gasteiger partial charge in [-0.05, 0) is 17.5 Å². The van der Waals surface area contributed by atoms with E-state index in [0.717, 1.165) is 17.0 Å². The minimum Gasteiger partial charge on any atom is -0.496 e. The van der Waals surface area contributed by atoms with Crippen molar-refractivity contribution in [2.75, 3.05) is 18.1 Å². The maximum Gasteiger partial charge on any atom is 0.229 e. The topological polar surface area (TPSA) is 55.4 Å². The molecule has 1 N–H and O–H groups in total. The lowest BCUT2D eigenvalue weighted by Crippen LogP contribution is -2.10. The molecule has 0 atom stereocenters. The number of ether oxygens (including phenoxy) is 1. The van der Waals surface area contributed by atoms with Gasteiger partial charge in [0.2, 0.25) is 10.0 Å². The smallest absolute Gasteiger partial charge is 0.229 e. The molecule has 0 spiro atoms. The summed E-state index contributed by atoms with van der Waals surface area (Å²) in [5.41, 5.74) is 0.530. The molecule has 0 fully saturated rings. The number of sulfonamides is 1. The zero-order valence-electron chi connectivity index (χ0n) is 9.60. The Hall–Kier alpha value is -1.75. The lowest BCUT2D eigenvalue weighted by molar-refractivity contribution is 0.420. The number of nitrogens with one attached hydrogen (secondary N) is 1. The summed E-state index contributed by atoms with van der Waals surface area (Å²) in [6.45, 7) is 0. The van der Waals surface area contributed by atoms with E-state index in [1.165, 1.54) is 0 Å². The van der Waals surface area contributed by atoms with Gasteiger partial charge in [0, 0.05) is 5.39 Å². The molecular formula is C12H13NO3S. The van der Waals surface area contributed by atoms with Crippen molar-refractivity contribution >= 4 is 26.5 Å². The lowest BCUT2D eigenvalue weighted by atomic mass is 10.1. The van der Waals surface area contributed by atoms with Crippen molar-refractivity contribution in [3.8, 4) is 5.75 Å². The number of benzene rings is 2. The van der Waals surface area contributed by atoms with Gasteiger partial charge in [-0.3, -0.25) is 4.72 Å². The Labute approximate surface area is 100 Å². The van der Waals surface area contributed by atoms with Crippen LogP contribution in [0.5, 0.6) is 5.75 Å². The Morgan fingerprint density at radius 3 is 2.35 bits per heavy atom. The van der Waals surface area contributed by atoms with Crippen LogP contribution >= 0.6 is 0 Å². The van der Waals surface area contributed by atoms with Gasteiger partial charge in [0.1, 0.15) is 5.75 Å². The molecule has 0 amide bonds. The molecule has 0 heterocycles. The van der Waals surface area contributed by atoms with Crippen LogP contribution in [0.2, 0.25) is 0 Å². The van der Waals surface area contributed by atoms with E-state index in [2.05, 4.69) is 4.72 Å². The summed E-state index contributed by atoms with van der Waals surface area (Å²) in [7, 11) is -1.74. The Morgan fingerprint density at radius 2 is 1.76 bits per heavy atom. The molecule has 17 heavy (non-hydrogen) atoms. The molecule has 0 unspecified atom stereocenters. The second-order valence-electron chi connectivity index (χ2n) is 3.74. The van der Waals surface area contributed by atoms with Gasteiger partial charge in [0.15, 0.2) is 0 Å². The molecule has 0 aromatic heterocycles. The monoisotopic (exact) mass is 251 g/mol. The number of anilines is 1. The first-order valence-corrected chi connectivity index (χ1v) is 6.94. The molecule has 0 radical (unpaired) electrons. The Kier molecular flexibility index (Phi) is 2.93. The highest BCUT2D eigenvalue weighted by atomic mass is 32.2. The summed E-state index contributed by atoms with van der Waals surface area (Å²) >= 11 is 0. The predicted octanol–water partition coefficient (Wildman–Crippen LogP) is 2.22. The first-order chi connectivity index (χ1) is 8.01. The Morgan fingerprint density at radius 1 is 1.12 bits per heavy atom. The van der Waals surface area contributed by atoms with Crippen LogP contribution in [0, 0.1) is 0 Å². The van der Waals surface area contributed by atoms with Crippen LogP contribution in [0.1, 0.15) is 0 Å². The number of hydrogen-bond donors (Lipinski definition) is 1. The highest BCUT2D eigenvalue weighted by molar-refractivity contribution is 7.92. The van der Waals surface area contributed by atoms with Gasteiger partial charge in [-0.15, -0.1) is 0 Å². The van der Waals surface area contributed by atoms with Crippen molar-refractivity contribution in [2.45, 2.75) is 0 Å². The standard InChI is InChI=1S/C12H13NO3S/c1-16-11-8-4-6-9-5-3-7-10(12(9)11)13-17(2,14)15/h3-8,13H,1-2H3. The third-order valence-electron chi connectivity index (χ3n) is 2.38. The summed E-state index contributed by atoms with van der Waals surface area (Å²) in [4.78, 5) is 0. The van der Waals surface area contributed by atoms with Crippen molar-refractivity contribution in [3.63, 3.8) is 0 Å². The molecule has 0 aliphatic rings. The summed E-state index contributed by atoms with van der Waals surface area (Å²) in [5, 5.41) is 1.70. The van der Waals surface area contributed by atoms with Gasteiger partial charge in [-0.1, -0.05) is 24.3 Å². The minimum atomic E-state index is -3.30. The van der Waals surface area contributed by atoms with Gasteiger partial charge in [-0.2, -0.15) is 0 Å². The molecule has 2 aromatic rings. The number of methoxy groups -OCH3 is 1. The Balaban J connectivity index is 2.71. The molecule has 5 heteroatoms. The van der Waals surface area contributed by atoms with Gasteiger partial charge >= 0.3 is 0 Å². The van der Waals surface area contributed by atoms with Crippen LogP contribution in [-0.4, -0.2) is 21.8 Å². The fraction of sp³-hybridized carbons (Fsp3) is 0.167. The molecule has 0 aliphatic carbocycles. The molecule has 90 valence electrons. The minimum absolute atomic E-state index is 0.530. The van der Waals surface area contributed by atoms with Crippen LogP contribution in [0.15, 0.2) is 36.4 Å². The normalized spacial score (nSPS) is 11.4. The molecule has 0 aliphatic heterocycles. The quantitative estimate of drug-likeness (QED) is 0.910. The van der Waals surface area contributed by atoms with E-state index in [4.69, 9.17) is 4.74 Å². The summed E-state index contributed by atoms with van der Waals surface area (Å²) in [5.74, 6) is 0.647. The van der Waals surface area contributed by atoms with E-state index in [-0.39, 0.29) is 0 Å². The zero-order chi connectivity index (χ0) is 12.5. The van der Waals surface area contributed by atoms with Crippen molar-refractivity contribution in [1.82, 2.24) is 0 Å². The number of hydrogen-bond acceptors (Lipinski definition) is 3. The van der Waals surface area contributed by atoms with Crippen LogP contribution in [0.4, 0.5) is 5.69 Å². The maximum atomic E-state index is 11.3. The van der Waals surface area contributed by atoms with Crippen molar-refractivity contribution < 1.29 is 13.2 Å². The predicted molar refractivity (Wildman–Crippen MR) is 69.0 cm³/mol. The van der Waals surface area contributed by atoms with E-state index < -0.39 is 10.0 Å². The number of fused-ring (bicyclic) bond motifs is 1. The molecule has 0 saturated heterocycles. The Bertz CT molecular complexity index is 645. The molecule has 2 rings (SSSR count). The van der Waals surface area contributed by atoms with Crippen LogP contribution in [-0.2, 0) is 10.0 Å². The molecule has 2 aromatic carbocycles. The van der Waals surface area contributed by atoms with E-state index >= 15 is 0 Å². The third kappa shape index (κ3) is 2.50. The fourth-order valence-electron chi connectivity index (χ4n) is 1.76. The van der Waals surface area contributed by atoms with Crippen molar-refractivity contribution in [1.29, 1.82) is 0 Å². The highest BCUT2D eigenvalue weighted by Crippen LogP contribution is 2.32. The van der Waals surface area contributed by atoms with E-state index in [9.17, 15) is 8.42 Å². The zero-order valence-corrected chi connectivity index (χ0v) is 10.4. The fourth-order valence-corrected chi connectivity index (χ4v) is 2.33. The van der Waals surface area contributed by atoms with E-state index in [1.807, 2.05) is 18.2 Å². The van der Waals surface area contributed by atoms with Gasteiger partial charge < -0.3 is 4.74 Å². The van der Waals surface area contributed by atoms with Gasteiger partial charge in [-0.25, -0.2) is 8.42 Å². The van der Waals surface area contributed by atoms with Gasteiger partial charge in [0.25, 0.3) is 0 Å². The SMILES string of the molecule is COc1cccc2cccc(NS(C)(=O)=O)c12. The third-order valence-corrected chi connectivity index (χ3v) is 2.97. The molecule has 0 bridgehead atoms. The molecule has 0 saturated carbocycles.